The van der Waals surface area contributed by atoms with Crippen molar-refractivity contribution in [3.8, 4) is 0 Å². The van der Waals surface area contributed by atoms with Gasteiger partial charge in [-0.2, -0.15) is 0 Å². The van der Waals surface area contributed by atoms with Gasteiger partial charge in [0.1, 0.15) is 12.1 Å². The van der Waals surface area contributed by atoms with Crippen LogP contribution in [0.5, 0.6) is 0 Å². The second-order valence-corrected chi connectivity index (χ2v) is 4.03. The molecule has 1 heterocycles. The van der Waals surface area contributed by atoms with E-state index in [2.05, 4.69) is 4.98 Å². The fourth-order valence-corrected chi connectivity index (χ4v) is 1.90. The predicted octanol–water partition coefficient (Wildman–Crippen LogP) is 2.86. The van der Waals surface area contributed by atoms with E-state index in [0.29, 0.717) is 15.8 Å². The third-order valence-electron chi connectivity index (χ3n) is 1.77. The third-order valence-corrected chi connectivity index (χ3v) is 2.71. The Balaban J connectivity index is 2.27. The zero-order valence-corrected chi connectivity index (χ0v) is 8.84. The summed E-state index contributed by atoms with van der Waals surface area (Å²) < 4.78 is 18.1. The number of nitrogens with zero attached hydrogens (tertiary/aromatic N) is 1. The highest BCUT2D eigenvalue weighted by molar-refractivity contribution is 7.99. The summed E-state index contributed by atoms with van der Waals surface area (Å²) in [5, 5.41) is 0.463. The second kappa shape index (κ2) is 3.94. The number of aryl methyl sites for hydroxylation is 1. The van der Waals surface area contributed by atoms with Crippen LogP contribution in [0, 0.1) is 12.7 Å². The molecule has 0 aliphatic carbocycles. The second-order valence-electron chi connectivity index (χ2n) is 3.04. The van der Waals surface area contributed by atoms with Crippen molar-refractivity contribution in [3.63, 3.8) is 0 Å². The normalized spacial score (nSPS) is 10.5. The van der Waals surface area contributed by atoms with Crippen LogP contribution >= 0.6 is 11.8 Å². The van der Waals surface area contributed by atoms with E-state index in [4.69, 9.17) is 10.2 Å². The van der Waals surface area contributed by atoms with Crippen LogP contribution in [-0.4, -0.2) is 4.98 Å². The van der Waals surface area contributed by atoms with Gasteiger partial charge in [0, 0.05) is 10.6 Å². The molecule has 2 N–H and O–H groups in total. The number of rotatable bonds is 2. The first-order valence-electron chi connectivity index (χ1n) is 4.30. The molecule has 0 saturated heterocycles. The summed E-state index contributed by atoms with van der Waals surface area (Å²) >= 11 is 1.21. The Morgan fingerprint density at radius 3 is 2.93 bits per heavy atom. The van der Waals surface area contributed by atoms with Crippen molar-refractivity contribution in [2.24, 2.45) is 0 Å². The zero-order chi connectivity index (χ0) is 10.8. The molecule has 0 spiro atoms. The summed E-state index contributed by atoms with van der Waals surface area (Å²) in [6.07, 6.45) is 1.54. The molecular formula is C10H9FN2OS. The smallest absolute Gasteiger partial charge is 0.260 e. The van der Waals surface area contributed by atoms with Crippen LogP contribution in [0.2, 0.25) is 0 Å². The van der Waals surface area contributed by atoms with E-state index in [0.717, 1.165) is 5.69 Å². The number of hydrogen-bond donors (Lipinski definition) is 1. The first kappa shape index (κ1) is 10.0. The monoisotopic (exact) mass is 224 g/mol. The number of anilines is 1. The summed E-state index contributed by atoms with van der Waals surface area (Å²) in [5.74, 6) is -0.324. The van der Waals surface area contributed by atoms with E-state index in [1.54, 1.807) is 0 Å². The molecule has 2 rings (SSSR count). The van der Waals surface area contributed by atoms with E-state index in [1.807, 2.05) is 6.92 Å². The van der Waals surface area contributed by atoms with Crippen LogP contribution in [0.15, 0.2) is 39.0 Å². The lowest BCUT2D eigenvalue weighted by Gasteiger charge is -2.01. The highest BCUT2D eigenvalue weighted by Crippen LogP contribution is 2.31. The Kier molecular flexibility index (Phi) is 2.64. The predicted molar refractivity (Wildman–Crippen MR) is 56.2 cm³/mol. The van der Waals surface area contributed by atoms with Gasteiger partial charge >= 0.3 is 0 Å². The highest BCUT2D eigenvalue weighted by atomic mass is 32.2. The zero-order valence-electron chi connectivity index (χ0n) is 8.03. The fourth-order valence-electron chi connectivity index (χ4n) is 1.07. The summed E-state index contributed by atoms with van der Waals surface area (Å²) in [6, 6.07) is 4.20. The maximum Gasteiger partial charge on any atom is 0.260 e. The number of halogens is 1. The molecule has 0 aliphatic heterocycles. The van der Waals surface area contributed by atoms with Crippen molar-refractivity contribution in [1.29, 1.82) is 0 Å². The molecule has 0 radical (unpaired) electrons. The number of oxazole rings is 1. The molecule has 5 heteroatoms. The van der Waals surface area contributed by atoms with Gasteiger partial charge in [0.25, 0.3) is 5.22 Å². The molecule has 0 atom stereocenters. The van der Waals surface area contributed by atoms with Gasteiger partial charge in [-0.1, -0.05) is 0 Å². The molecule has 3 nitrogen and oxygen atoms in total. The van der Waals surface area contributed by atoms with Gasteiger partial charge in [-0.05, 0) is 36.9 Å². The third kappa shape index (κ3) is 2.30. The number of nitrogens with two attached hydrogens (primary N) is 1. The van der Waals surface area contributed by atoms with Gasteiger partial charge in [0.05, 0.1) is 5.69 Å². The maximum absolute atomic E-state index is 12.9. The molecule has 0 fully saturated rings. The van der Waals surface area contributed by atoms with E-state index in [-0.39, 0.29) is 5.82 Å². The van der Waals surface area contributed by atoms with Crippen LogP contribution in [0.3, 0.4) is 0 Å². The molecule has 15 heavy (non-hydrogen) atoms. The lowest BCUT2D eigenvalue weighted by molar-refractivity contribution is 0.454. The summed E-state index contributed by atoms with van der Waals surface area (Å²) in [4.78, 5) is 4.70. The molecule has 0 bridgehead atoms. The molecule has 1 aromatic carbocycles. The standard InChI is InChI=1S/C10H9FN2OS/c1-6-5-14-10(13-6)15-9-4-7(11)2-3-8(9)12/h2-5H,12H2,1H3. The van der Waals surface area contributed by atoms with E-state index in [9.17, 15) is 4.39 Å². The lowest BCUT2D eigenvalue weighted by atomic mass is 10.3. The molecule has 0 amide bonds. The Morgan fingerprint density at radius 2 is 2.27 bits per heavy atom. The van der Waals surface area contributed by atoms with Gasteiger partial charge in [-0.25, -0.2) is 9.37 Å². The lowest BCUT2D eigenvalue weighted by Crippen LogP contribution is -1.89. The van der Waals surface area contributed by atoms with Crippen molar-refractivity contribution in [2.45, 2.75) is 17.0 Å². The van der Waals surface area contributed by atoms with Crippen LogP contribution in [0.25, 0.3) is 0 Å². The number of hydrogen-bond acceptors (Lipinski definition) is 4. The van der Waals surface area contributed by atoms with Crippen molar-refractivity contribution in [1.82, 2.24) is 4.98 Å². The number of aromatic nitrogens is 1. The Morgan fingerprint density at radius 1 is 1.47 bits per heavy atom. The first-order valence-corrected chi connectivity index (χ1v) is 5.12. The first-order chi connectivity index (χ1) is 7.15. The topological polar surface area (TPSA) is 52.0 Å². The molecule has 0 unspecified atom stereocenters. The minimum absolute atomic E-state index is 0.324. The van der Waals surface area contributed by atoms with Crippen molar-refractivity contribution < 1.29 is 8.81 Å². The van der Waals surface area contributed by atoms with E-state index < -0.39 is 0 Å². The van der Waals surface area contributed by atoms with Gasteiger partial charge in [-0.3, -0.25) is 0 Å². The van der Waals surface area contributed by atoms with Crippen LogP contribution in [0.1, 0.15) is 5.69 Å². The average molecular weight is 224 g/mol. The van der Waals surface area contributed by atoms with Crippen molar-refractivity contribution in [3.05, 3.63) is 36.0 Å². The molecule has 0 saturated carbocycles. The van der Waals surface area contributed by atoms with Crippen LogP contribution in [0.4, 0.5) is 10.1 Å². The van der Waals surface area contributed by atoms with Gasteiger partial charge in [0.15, 0.2) is 0 Å². The Labute approximate surface area is 90.5 Å². The molecule has 0 aliphatic rings. The fraction of sp³-hybridized carbons (Fsp3) is 0.100. The van der Waals surface area contributed by atoms with E-state index in [1.165, 1.54) is 36.2 Å². The summed E-state index contributed by atoms with van der Waals surface area (Å²) in [6.45, 7) is 1.82. The van der Waals surface area contributed by atoms with Crippen molar-refractivity contribution >= 4 is 17.4 Å². The van der Waals surface area contributed by atoms with Gasteiger partial charge in [0.2, 0.25) is 0 Å². The van der Waals surface area contributed by atoms with Crippen LogP contribution in [-0.2, 0) is 0 Å². The summed E-state index contributed by atoms with van der Waals surface area (Å²) in [5.41, 5.74) is 6.98. The molecule has 1 aromatic heterocycles. The van der Waals surface area contributed by atoms with Gasteiger partial charge < -0.3 is 10.2 Å². The number of benzene rings is 1. The minimum Gasteiger partial charge on any atom is -0.439 e. The van der Waals surface area contributed by atoms with E-state index >= 15 is 0 Å². The SMILES string of the molecule is Cc1coc(Sc2cc(F)ccc2N)n1. The number of nitrogen functional groups attached to an aromatic ring is 1. The minimum atomic E-state index is -0.324. The quantitative estimate of drug-likeness (QED) is 0.797. The average Bonchev–Trinajstić information content (AvgIpc) is 2.58. The largest absolute Gasteiger partial charge is 0.439 e. The van der Waals surface area contributed by atoms with Crippen molar-refractivity contribution in [2.75, 3.05) is 5.73 Å². The molecule has 78 valence electrons. The highest BCUT2D eigenvalue weighted by Gasteiger charge is 2.07. The Hall–Kier alpha value is -1.49. The van der Waals surface area contributed by atoms with Crippen LogP contribution < -0.4 is 5.73 Å². The Bertz CT molecular complexity index is 484. The van der Waals surface area contributed by atoms with Gasteiger partial charge in [-0.15, -0.1) is 0 Å². The summed E-state index contributed by atoms with van der Waals surface area (Å²) in [7, 11) is 0. The molecular weight excluding hydrogens is 215 g/mol. The molecule has 2 aromatic rings. The maximum atomic E-state index is 12.9.